The molecule has 0 spiro atoms. The number of aliphatic imine (C=N–C) groups is 1. The summed E-state index contributed by atoms with van der Waals surface area (Å²) in [7, 11) is 0. The minimum atomic E-state index is -0.00285. The minimum absolute atomic E-state index is 0.00285. The van der Waals surface area contributed by atoms with Gasteiger partial charge in [-0.05, 0) is 35.7 Å². The largest absolute Gasteiger partial charge is 0.286 e. The van der Waals surface area contributed by atoms with Gasteiger partial charge in [-0.25, -0.2) is 0 Å². The normalized spacial score (nSPS) is 21.5. The molecular formula is C16H17N. The lowest BCUT2D eigenvalue weighted by atomic mass is 9.77. The minimum Gasteiger partial charge on any atom is -0.286 e. The monoisotopic (exact) mass is 223 g/mol. The quantitative estimate of drug-likeness (QED) is 0.636. The van der Waals surface area contributed by atoms with Gasteiger partial charge in [0.15, 0.2) is 0 Å². The van der Waals surface area contributed by atoms with Crippen LogP contribution in [0.3, 0.4) is 0 Å². The maximum Gasteiger partial charge on any atom is 0.0618 e. The van der Waals surface area contributed by atoms with Gasteiger partial charge in [0.25, 0.3) is 0 Å². The average Bonchev–Trinajstić information content (AvgIpc) is 2.33. The van der Waals surface area contributed by atoms with Gasteiger partial charge in [0, 0.05) is 12.1 Å². The van der Waals surface area contributed by atoms with E-state index in [2.05, 4.69) is 62.2 Å². The number of rotatable bonds is 0. The highest BCUT2D eigenvalue weighted by atomic mass is 14.9. The second-order valence-electron chi connectivity index (χ2n) is 5.42. The zero-order valence-electron chi connectivity index (χ0n) is 10.6. The third-order valence-corrected chi connectivity index (χ3v) is 4.03. The summed E-state index contributed by atoms with van der Waals surface area (Å²) in [6.07, 6.45) is 2.03. The first-order valence-corrected chi connectivity index (χ1v) is 6.16. The average molecular weight is 223 g/mol. The third-order valence-electron chi connectivity index (χ3n) is 4.03. The Kier molecular flexibility index (Phi) is 2.12. The van der Waals surface area contributed by atoms with Gasteiger partial charge in [-0.3, -0.25) is 4.99 Å². The van der Waals surface area contributed by atoms with Crippen molar-refractivity contribution in [3.8, 4) is 0 Å². The summed E-state index contributed by atoms with van der Waals surface area (Å²) in [5.74, 6) is 0.452. The molecule has 1 heteroatoms. The van der Waals surface area contributed by atoms with Gasteiger partial charge in [-0.2, -0.15) is 0 Å². The molecule has 0 aromatic heterocycles. The molecule has 1 unspecified atom stereocenters. The molecule has 86 valence electrons. The van der Waals surface area contributed by atoms with Crippen LogP contribution in [0.4, 0.5) is 0 Å². The maximum absolute atomic E-state index is 4.67. The molecule has 0 aliphatic carbocycles. The molecule has 0 saturated carbocycles. The highest BCUT2D eigenvalue weighted by Gasteiger charge is 2.31. The second-order valence-corrected chi connectivity index (χ2v) is 5.42. The number of nitrogens with zero attached hydrogens (tertiary/aromatic N) is 1. The van der Waals surface area contributed by atoms with Crippen molar-refractivity contribution in [2.75, 3.05) is 0 Å². The first-order valence-electron chi connectivity index (χ1n) is 6.16. The van der Waals surface area contributed by atoms with Gasteiger partial charge in [0.2, 0.25) is 0 Å². The van der Waals surface area contributed by atoms with Crippen molar-refractivity contribution in [1.82, 2.24) is 0 Å². The Balaban J connectivity index is 2.37. The van der Waals surface area contributed by atoms with Crippen LogP contribution in [-0.4, -0.2) is 11.8 Å². The smallest absolute Gasteiger partial charge is 0.0618 e. The molecule has 0 bridgehead atoms. The third kappa shape index (κ3) is 1.49. The van der Waals surface area contributed by atoms with E-state index in [0.29, 0.717) is 5.92 Å². The summed E-state index contributed by atoms with van der Waals surface area (Å²) in [6, 6.07) is 13.0. The van der Waals surface area contributed by atoms with E-state index < -0.39 is 0 Å². The van der Waals surface area contributed by atoms with Gasteiger partial charge >= 0.3 is 0 Å². The van der Waals surface area contributed by atoms with Crippen LogP contribution in [0.15, 0.2) is 41.4 Å². The maximum atomic E-state index is 4.67. The van der Waals surface area contributed by atoms with Gasteiger partial charge in [0.05, 0.1) is 5.54 Å². The van der Waals surface area contributed by atoms with Crippen LogP contribution in [0.2, 0.25) is 0 Å². The predicted molar refractivity (Wildman–Crippen MR) is 74.0 cm³/mol. The van der Waals surface area contributed by atoms with E-state index in [-0.39, 0.29) is 5.54 Å². The van der Waals surface area contributed by atoms with Crippen molar-refractivity contribution in [1.29, 1.82) is 0 Å². The molecular weight excluding hydrogens is 206 g/mol. The molecule has 2 aromatic rings. The summed E-state index contributed by atoms with van der Waals surface area (Å²) in [5, 5.41) is 2.70. The Morgan fingerprint density at radius 2 is 1.82 bits per heavy atom. The topological polar surface area (TPSA) is 12.4 Å². The molecule has 3 rings (SSSR count). The molecule has 0 saturated heterocycles. The molecule has 2 aromatic carbocycles. The van der Waals surface area contributed by atoms with Crippen LogP contribution in [0.1, 0.15) is 37.8 Å². The van der Waals surface area contributed by atoms with E-state index in [0.717, 1.165) is 0 Å². The summed E-state index contributed by atoms with van der Waals surface area (Å²) in [6.45, 7) is 6.69. The van der Waals surface area contributed by atoms with Crippen molar-refractivity contribution in [2.24, 2.45) is 4.99 Å². The summed E-state index contributed by atoms with van der Waals surface area (Å²) >= 11 is 0. The number of fused-ring (bicyclic) bond motifs is 3. The second kappa shape index (κ2) is 3.43. The van der Waals surface area contributed by atoms with E-state index in [4.69, 9.17) is 0 Å². The highest BCUT2D eigenvalue weighted by Crippen LogP contribution is 2.39. The molecule has 0 fully saturated rings. The molecule has 0 N–H and O–H groups in total. The molecule has 0 radical (unpaired) electrons. The highest BCUT2D eigenvalue weighted by molar-refractivity contribution is 5.96. The lowest BCUT2D eigenvalue weighted by molar-refractivity contribution is 0.436. The summed E-state index contributed by atoms with van der Waals surface area (Å²) in [4.78, 5) is 4.67. The van der Waals surface area contributed by atoms with Crippen LogP contribution in [0.5, 0.6) is 0 Å². The Morgan fingerprint density at radius 3 is 2.65 bits per heavy atom. The zero-order chi connectivity index (χ0) is 12.0. The van der Waals surface area contributed by atoms with Crippen LogP contribution in [0.25, 0.3) is 10.8 Å². The lowest BCUT2D eigenvalue weighted by Crippen LogP contribution is -2.29. The molecule has 17 heavy (non-hydrogen) atoms. The lowest BCUT2D eigenvalue weighted by Gasteiger charge is -2.33. The van der Waals surface area contributed by atoms with Crippen LogP contribution >= 0.6 is 0 Å². The van der Waals surface area contributed by atoms with Gasteiger partial charge in [-0.1, -0.05) is 43.3 Å². The fourth-order valence-corrected chi connectivity index (χ4v) is 2.61. The molecule has 1 aliphatic rings. The standard InChI is InChI=1S/C16H17N/c1-11-15-13(10-17-16(11,2)3)9-8-12-6-4-5-7-14(12)15/h4-11H,1-3H3. The van der Waals surface area contributed by atoms with Gasteiger partial charge < -0.3 is 0 Å². The Bertz CT molecular complexity index is 608. The van der Waals surface area contributed by atoms with Crippen LogP contribution in [0, 0.1) is 0 Å². The Labute approximate surface area is 102 Å². The number of hydrogen-bond donors (Lipinski definition) is 0. The zero-order valence-corrected chi connectivity index (χ0v) is 10.6. The van der Waals surface area contributed by atoms with Crippen LogP contribution in [-0.2, 0) is 0 Å². The summed E-state index contributed by atoms with van der Waals surface area (Å²) < 4.78 is 0. The Morgan fingerprint density at radius 1 is 1.06 bits per heavy atom. The van der Waals surface area contributed by atoms with E-state index in [9.17, 15) is 0 Å². The van der Waals surface area contributed by atoms with Crippen LogP contribution < -0.4 is 0 Å². The Hall–Kier alpha value is -1.63. The fourth-order valence-electron chi connectivity index (χ4n) is 2.61. The van der Waals surface area contributed by atoms with E-state index >= 15 is 0 Å². The van der Waals surface area contributed by atoms with E-state index in [1.54, 1.807) is 0 Å². The van der Waals surface area contributed by atoms with E-state index in [1.807, 2.05) is 6.21 Å². The first-order chi connectivity index (χ1) is 8.09. The van der Waals surface area contributed by atoms with Crippen molar-refractivity contribution >= 4 is 17.0 Å². The van der Waals surface area contributed by atoms with Crippen molar-refractivity contribution in [3.05, 3.63) is 47.5 Å². The van der Waals surface area contributed by atoms with Crippen molar-refractivity contribution < 1.29 is 0 Å². The molecule has 1 aliphatic heterocycles. The van der Waals surface area contributed by atoms with Crippen molar-refractivity contribution in [2.45, 2.75) is 32.2 Å². The first kappa shape index (κ1) is 10.5. The van der Waals surface area contributed by atoms with Gasteiger partial charge in [0.1, 0.15) is 0 Å². The molecule has 1 atom stereocenters. The molecule has 1 heterocycles. The molecule has 1 nitrogen and oxygen atoms in total. The number of hydrogen-bond acceptors (Lipinski definition) is 1. The van der Waals surface area contributed by atoms with Gasteiger partial charge in [-0.15, -0.1) is 0 Å². The van der Waals surface area contributed by atoms with Crippen molar-refractivity contribution in [3.63, 3.8) is 0 Å². The number of benzene rings is 2. The van der Waals surface area contributed by atoms with E-state index in [1.165, 1.54) is 21.9 Å². The summed E-state index contributed by atoms with van der Waals surface area (Å²) in [5.41, 5.74) is 2.72. The fraction of sp³-hybridized carbons (Fsp3) is 0.312. The SMILES string of the molecule is CC1c2c(ccc3ccccc23)C=NC1(C)C. The molecule has 0 amide bonds. The predicted octanol–water partition coefficient (Wildman–Crippen LogP) is 4.15.